The molecule has 1 aromatic rings. The predicted octanol–water partition coefficient (Wildman–Crippen LogP) is 3.91. The van der Waals surface area contributed by atoms with Crippen LogP contribution in [0, 0.1) is 0 Å². The van der Waals surface area contributed by atoms with E-state index in [1.54, 1.807) is 32.9 Å². The summed E-state index contributed by atoms with van der Waals surface area (Å²) < 4.78 is 51.4. The fraction of sp³-hybridized carbons (Fsp3) is 0.467. The van der Waals surface area contributed by atoms with Crippen LogP contribution in [0.15, 0.2) is 41.3 Å². The molecule has 0 radical (unpaired) electrons. The molecule has 0 aliphatic carbocycles. The summed E-state index contributed by atoms with van der Waals surface area (Å²) >= 11 is 0. The molecule has 1 unspecified atom stereocenters. The topological polar surface area (TPSA) is 78.9 Å². The van der Waals surface area contributed by atoms with Gasteiger partial charge < -0.3 is 0 Å². The number of hydrogen-bond donors (Lipinski definition) is 0. The first-order valence-corrected chi connectivity index (χ1v) is 10.5. The van der Waals surface area contributed by atoms with E-state index in [1.165, 1.54) is 12.1 Å². The van der Waals surface area contributed by atoms with Gasteiger partial charge in [-0.3, -0.25) is 13.6 Å². The lowest BCUT2D eigenvalue weighted by molar-refractivity contribution is 0.0968. The Labute approximate surface area is 138 Å². The number of phosphoric acid groups is 1. The van der Waals surface area contributed by atoms with Gasteiger partial charge in [-0.2, -0.15) is 0 Å². The summed E-state index contributed by atoms with van der Waals surface area (Å²) in [5, 5.41) is 0. The Bertz CT molecular complexity index is 670. The van der Waals surface area contributed by atoms with Crippen LogP contribution in [0.3, 0.4) is 0 Å². The van der Waals surface area contributed by atoms with E-state index in [4.69, 9.17) is 13.6 Å². The quantitative estimate of drug-likeness (QED) is 0.490. The zero-order valence-electron chi connectivity index (χ0n) is 13.8. The minimum absolute atomic E-state index is 0.174. The van der Waals surface area contributed by atoms with Crippen LogP contribution in [0.5, 0.6) is 0 Å². The van der Waals surface area contributed by atoms with Crippen LogP contribution in [0.2, 0.25) is 0 Å². The van der Waals surface area contributed by atoms with Crippen LogP contribution >= 0.6 is 7.82 Å². The van der Waals surface area contributed by atoms with Crippen molar-refractivity contribution in [1.29, 1.82) is 0 Å². The van der Waals surface area contributed by atoms with Crippen molar-refractivity contribution in [2.75, 3.05) is 19.5 Å². The van der Waals surface area contributed by atoms with Crippen molar-refractivity contribution in [3.63, 3.8) is 0 Å². The van der Waals surface area contributed by atoms with Crippen molar-refractivity contribution < 1.29 is 26.6 Å². The predicted molar refractivity (Wildman–Crippen MR) is 89.1 cm³/mol. The molecule has 1 atom stereocenters. The van der Waals surface area contributed by atoms with Gasteiger partial charge in [-0.05, 0) is 44.0 Å². The normalized spacial score (nSPS) is 13.7. The van der Waals surface area contributed by atoms with E-state index in [2.05, 4.69) is 6.58 Å². The van der Waals surface area contributed by atoms with Crippen molar-refractivity contribution >= 4 is 17.7 Å². The lowest BCUT2D eigenvalue weighted by Gasteiger charge is -2.24. The number of benzene rings is 1. The highest BCUT2D eigenvalue weighted by Crippen LogP contribution is 2.54. The van der Waals surface area contributed by atoms with Crippen molar-refractivity contribution in [2.45, 2.75) is 31.8 Å². The van der Waals surface area contributed by atoms with Gasteiger partial charge in [-0.25, -0.2) is 13.0 Å². The molecule has 0 spiro atoms. The molecule has 0 aromatic heterocycles. The molecular formula is C15H23O6PS. The van der Waals surface area contributed by atoms with Crippen molar-refractivity contribution in [3.8, 4) is 0 Å². The number of phosphoric ester groups is 1. The highest BCUT2D eigenvalue weighted by molar-refractivity contribution is 7.90. The first kappa shape index (κ1) is 20.1. The molecule has 1 aromatic carbocycles. The van der Waals surface area contributed by atoms with E-state index in [0.29, 0.717) is 11.1 Å². The van der Waals surface area contributed by atoms with Crippen LogP contribution in [0.1, 0.15) is 32.4 Å². The third kappa shape index (κ3) is 5.86. The molecule has 0 bridgehead atoms. The van der Waals surface area contributed by atoms with Gasteiger partial charge in [-0.15, -0.1) is 0 Å². The SMILES string of the molecule is C=C(C)C(OP(=O)(OCC)OCC)c1ccc(S(C)(=O)=O)cc1. The standard InChI is InChI=1S/C15H23O6PS/c1-6-19-22(16,20-7-2)21-15(12(3)4)13-8-10-14(11-9-13)23(5,17)18/h8-11,15H,3,6-7H2,1-2,4-5H3. The Hall–Kier alpha value is -0.980. The van der Waals surface area contributed by atoms with Gasteiger partial charge in [0.15, 0.2) is 9.84 Å². The second-order valence-corrected chi connectivity index (χ2v) is 8.59. The fourth-order valence-electron chi connectivity index (χ4n) is 1.87. The average molecular weight is 362 g/mol. The molecular weight excluding hydrogens is 339 g/mol. The van der Waals surface area contributed by atoms with Gasteiger partial charge >= 0.3 is 7.82 Å². The monoisotopic (exact) mass is 362 g/mol. The molecule has 0 aliphatic heterocycles. The number of sulfone groups is 1. The zero-order chi connectivity index (χ0) is 17.7. The molecule has 0 heterocycles. The second kappa shape index (κ2) is 8.22. The van der Waals surface area contributed by atoms with E-state index in [9.17, 15) is 13.0 Å². The number of rotatable bonds is 9. The van der Waals surface area contributed by atoms with Gasteiger partial charge in [0.2, 0.25) is 0 Å². The third-order valence-corrected chi connectivity index (χ3v) is 5.61. The van der Waals surface area contributed by atoms with E-state index < -0.39 is 23.8 Å². The molecule has 0 saturated carbocycles. The summed E-state index contributed by atoms with van der Waals surface area (Å²) in [6.07, 6.45) is 0.403. The molecule has 1 rings (SSSR count). The third-order valence-electron chi connectivity index (χ3n) is 2.87. The van der Waals surface area contributed by atoms with Gasteiger partial charge in [0.05, 0.1) is 18.1 Å². The average Bonchev–Trinajstić information content (AvgIpc) is 2.44. The van der Waals surface area contributed by atoms with Crippen LogP contribution in [0.25, 0.3) is 0 Å². The Balaban J connectivity index is 3.12. The smallest absolute Gasteiger partial charge is 0.287 e. The highest BCUT2D eigenvalue weighted by atomic mass is 32.2. The molecule has 130 valence electrons. The lowest BCUT2D eigenvalue weighted by Crippen LogP contribution is -2.08. The summed E-state index contributed by atoms with van der Waals surface area (Å²) in [5.74, 6) is 0. The minimum atomic E-state index is -3.72. The molecule has 0 N–H and O–H groups in total. The summed E-state index contributed by atoms with van der Waals surface area (Å²) in [5.41, 5.74) is 1.21. The minimum Gasteiger partial charge on any atom is -0.287 e. The Morgan fingerprint density at radius 1 is 1.17 bits per heavy atom. The molecule has 6 nitrogen and oxygen atoms in total. The summed E-state index contributed by atoms with van der Waals surface area (Å²) in [7, 11) is -7.00. The molecule has 23 heavy (non-hydrogen) atoms. The van der Waals surface area contributed by atoms with Crippen LogP contribution in [-0.4, -0.2) is 27.9 Å². The molecule has 8 heteroatoms. The molecule has 0 saturated heterocycles. The van der Waals surface area contributed by atoms with Gasteiger partial charge in [0, 0.05) is 6.26 Å². The van der Waals surface area contributed by atoms with Crippen LogP contribution in [-0.2, 0) is 28.0 Å². The van der Waals surface area contributed by atoms with Crippen LogP contribution in [0.4, 0.5) is 0 Å². The summed E-state index contributed by atoms with van der Waals surface area (Å²) in [6, 6.07) is 6.13. The van der Waals surface area contributed by atoms with Gasteiger partial charge in [0.1, 0.15) is 6.10 Å². The Morgan fingerprint density at radius 3 is 2.00 bits per heavy atom. The maximum Gasteiger partial charge on any atom is 0.475 e. The zero-order valence-corrected chi connectivity index (χ0v) is 15.5. The van der Waals surface area contributed by atoms with E-state index in [0.717, 1.165) is 6.26 Å². The van der Waals surface area contributed by atoms with Crippen LogP contribution < -0.4 is 0 Å². The highest BCUT2D eigenvalue weighted by Gasteiger charge is 2.31. The number of hydrogen-bond acceptors (Lipinski definition) is 6. The van der Waals surface area contributed by atoms with Gasteiger partial charge in [-0.1, -0.05) is 18.7 Å². The Morgan fingerprint density at radius 2 is 1.65 bits per heavy atom. The first-order valence-electron chi connectivity index (χ1n) is 7.16. The van der Waals surface area contributed by atoms with Crippen molar-refractivity contribution in [1.82, 2.24) is 0 Å². The largest absolute Gasteiger partial charge is 0.475 e. The maximum atomic E-state index is 12.5. The second-order valence-electron chi connectivity index (χ2n) is 4.96. The van der Waals surface area contributed by atoms with Gasteiger partial charge in [0.25, 0.3) is 0 Å². The van der Waals surface area contributed by atoms with E-state index >= 15 is 0 Å². The molecule has 0 aliphatic rings. The summed E-state index contributed by atoms with van der Waals surface area (Å²) in [4.78, 5) is 0.194. The molecule has 0 amide bonds. The molecule has 0 fully saturated rings. The summed E-state index contributed by atoms with van der Waals surface area (Å²) in [6.45, 7) is 9.27. The first-order chi connectivity index (χ1) is 10.6. The van der Waals surface area contributed by atoms with E-state index in [-0.39, 0.29) is 18.1 Å². The van der Waals surface area contributed by atoms with Crippen molar-refractivity contribution in [3.05, 3.63) is 42.0 Å². The van der Waals surface area contributed by atoms with E-state index in [1.807, 2.05) is 0 Å². The Kier molecular flexibility index (Phi) is 7.17. The maximum absolute atomic E-state index is 12.5. The van der Waals surface area contributed by atoms with Crippen molar-refractivity contribution in [2.24, 2.45) is 0 Å². The lowest BCUT2D eigenvalue weighted by atomic mass is 10.0. The fourth-order valence-corrected chi connectivity index (χ4v) is 3.89.